The van der Waals surface area contributed by atoms with Crippen molar-refractivity contribution in [1.29, 1.82) is 0 Å². The summed E-state index contributed by atoms with van der Waals surface area (Å²) >= 11 is 0. The van der Waals surface area contributed by atoms with Crippen LogP contribution in [-0.4, -0.2) is 31.3 Å². The lowest BCUT2D eigenvalue weighted by molar-refractivity contribution is -0.143. The van der Waals surface area contributed by atoms with Gasteiger partial charge in [0.05, 0.1) is 6.61 Å². The van der Waals surface area contributed by atoms with Crippen LogP contribution in [0, 0.1) is 0 Å². The van der Waals surface area contributed by atoms with E-state index in [1.165, 1.54) is 17.6 Å². The number of hydrogen-bond acceptors (Lipinski definition) is 4. The topological polar surface area (TPSA) is 47.6 Å². The molecule has 32 heavy (non-hydrogen) atoms. The van der Waals surface area contributed by atoms with E-state index in [4.69, 9.17) is 9.47 Å². The zero-order valence-electron chi connectivity index (χ0n) is 21.0. The van der Waals surface area contributed by atoms with Crippen LogP contribution < -0.4 is 5.32 Å². The number of allylic oxidation sites excluding steroid dienone is 8. The first-order valence-electron chi connectivity index (χ1n) is 12.5. The smallest absolute Gasteiger partial charge is 0.305 e. The Bertz CT molecular complexity index is 685. The Morgan fingerprint density at radius 2 is 1.94 bits per heavy atom. The first-order chi connectivity index (χ1) is 15.6. The summed E-state index contributed by atoms with van der Waals surface area (Å²) in [5, 5.41) is 3.77. The van der Waals surface area contributed by atoms with Crippen molar-refractivity contribution < 1.29 is 14.3 Å². The van der Waals surface area contributed by atoms with Crippen molar-refractivity contribution in [3.8, 4) is 0 Å². The molecule has 0 aromatic heterocycles. The molecule has 4 heteroatoms. The van der Waals surface area contributed by atoms with Crippen molar-refractivity contribution in [1.82, 2.24) is 5.32 Å². The monoisotopic (exact) mass is 443 g/mol. The summed E-state index contributed by atoms with van der Waals surface area (Å²) in [6.07, 6.45) is 22.9. The molecule has 0 saturated carbocycles. The molecule has 2 unspecified atom stereocenters. The number of carbonyl (C=O) groups is 1. The Morgan fingerprint density at radius 1 is 1.16 bits per heavy atom. The summed E-state index contributed by atoms with van der Waals surface area (Å²) < 4.78 is 11.1. The third-order valence-corrected chi connectivity index (χ3v) is 5.56. The van der Waals surface area contributed by atoms with Crippen LogP contribution in [0.15, 0.2) is 59.4 Å². The number of piperidine rings is 1. The lowest BCUT2D eigenvalue weighted by Gasteiger charge is -2.33. The third-order valence-electron chi connectivity index (χ3n) is 5.56. The van der Waals surface area contributed by atoms with Crippen molar-refractivity contribution in [2.45, 2.75) is 98.1 Å². The van der Waals surface area contributed by atoms with Crippen LogP contribution in [0.3, 0.4) is 0 Å². The molecule has 1 fully saturated rings. The summed E-state index contributed by atoms with van der Waals surface area (Å²) in [6.45, 7) is 11.1. The van der Waals surface area contributed by atoms with Crippen molar-refractivity contribution in [3.63, 3.8) is 0 Å². The van der Waals surface area contributed by atoms with Gasteiger partial charge in [-0.05, 0) is 77.9 Å². The Kier molecular flexibility index (Phi) is 15.3. The normalized spacial score (nSPS) is 21.2. The number of fused-ring (bicyclic) bond motifs is 1. The number of ether oxygens (including phenoxy) is 2. The molecule has 2 atom stereocenters. The van der Waals surface area contributed by atoms with Crippen molar-refractivity contribution in [3.05, 3.63) is 59.4 Å². The highest BCUT2D eigenvalue weighted by Crippen LogP contribution is 2.25. The van der Waals surface area contributed by atoms with E-state index in [1.807, 2.05) is 39.8 Å². The van der Waals surface area contributed by atoms with Gasteiger partial charge in [0, 0.05) is 18.5 Å². The maximum atomic E-state index is 11.4. The largest absolute Gasteiger partial charge is 0.492 e. The molecule has 180 valence electrons. The fourth-order valence-electron chi connectivity index (χ4n) is 3.87. The number of hydrogen-bond donors (Lipinski definition) is 1. The van der Waals surface area contributed by atoms with Gasteiger partial charge in [0.1, 0.15) is 12.4 Å². The van der Waals surface area contributed by atoms with E-state index in [-0.39, 0.29) is 5.97 Å². The molecule has 2 aliphatic rings. The average molecular weight is 444 g/mol. The van der Waals surface area contributed by atoms with Crippen LogP contribution in [0.5, 0.6) is 0 Å². The molecule has 1 saturated heterocycles. The summed E-state index contributed by atoms with van der Waals surface area (Å²) in [5.41, 5.74) is 2.83. The van der Waals surface area contributed by atoms with Crippen LogP contribution in [0.2, 0.25) is 0 Å². The Hall–Kier alpha value is -2.07. The predicted molar refractivity (Wildman–Crippen MR) is 135 cm³/mol. The quantitative estimate of drug-likeness (QED) is 0.162. The van der Waals surface area contributed by atoms with Gasteiger partial charge in [-0.3, -0.25) is 4.79 Å². The van der Waals surface area contributed by atoms with Gasteiger partial charge in [-0.25, -0.2) is 0 Å². The summed E-state index contributed by atoms with van der Waals surface area (Å²) in [6, 6.07) is 0.889. The van der Waals surface area contributed by atoms with Crippen LogP contribution in [-0.2, 0) is 14.3 Å². The number of rotatable bonds is 11. The molecule has 0 radical (unpaired) electrons. The lowest BCUT2D eigenvalue weighted by atomic mass is 9.91. The molecule has 0 aromatic carbocycles. The second kappa shape index (κ2) is 17.5. The average Bonchev–Trinajstić information content (AvgIpc) is 3.05. The van der Waals surface area contributed by atoms with Gasteiger partial charge in [0.15, 0.2) is 0 Å². The maximum absolute atomic E-state index is 11.4. The molecular formula is C28H45NO3. The first-order valence-corrected chi connectivity index (χ1v) is 12.5. The molecule has 0 aromatic rings. The number of unbranched alkanes of at least 4 members (excludes halogenated alkanes) is 1. The predicted octanol–water partition coefficient (Wildman–Crippen LogP) is 6.96. The van der Waals surface area contributed by atoms with E-state index in [2.05, 4.69) is 42.6 Å². The van der Waals surface area contributed by atoms with Gasteiger partial charge < -0.3 is 14.8 Å². The van der Waals surface area contributed by atoms with Gasteiger partial charge in [-0.15, -0.1) is 0 Å². The maximum Gasteiger partial charge on any atom is 0.305 e. The zero-order chi connectivity index (χ0) is 23.6. The van der Waals surface area contributed by atoms with Gasteiger partial charge in [-0.2, -0.15) is 0 Å². The minimum absolute atomic E-state index is 0.0955. The molecule has 0 amide bonds. The number of esters is 1. The van der Waals surface area contributed by atoms with Crippen molar-refractivity contribution in [2.75, 3.05) is 13.2 Å². The fraction of sp³-hybridized carbons (Fsp3) is 0.607. The molecule has 0 bridgehead atoms. The van der Waals surface area contributed by atoms with Crippen LogP contribution >= 0.6 is 0 Å². The van der Waals surface area contributed by atoms with Crippen LogP contribution in [0.4, 0.5) is 0 Å². The van der Waals surface area contributed by atoms with Crippen molar-refractivity contribution in [2.24, 2.45) is 0 Å². The van der Waals surface area contributed by atoms with Gasteiger partial charge >= 0.3 is 5.97 Å². The lowest BCUT2D eigenvalue weighted by Crippen LogP contribution is -2.45. The minimum Gasteiger partial charge on any atom is -0.492 e. The highest BCUT2D eigenvalue weighted by atomic mass is 16.5. The third kappa shape index (κ3) is 11.5. The van der Waals surface area contributed by atoms with Crippen molar-refractivity contribution >= 4 is 5.97 Å². The van der Waals surface area contributed by atoms with Gasteiger partial charge in [0.2, 0.25) is 0 Å². The molecule has 1 aliphatic carbocycles. The second-order valence-electron chi connectivity index (χ2n) is 8.11. The van der Waals surface area contributed by atoms with E-state index in [0.717, 1.165) is 44.3 Å². The molecular weight excluding hydrogens is 398 g/mol. The van der Waals surface area contributed by atoms with E-state index in [9.17, 15) is 4.79 Å². The highest BCUT2D eigenvalue weighted by Gasteiger charge is 2.25. The van der Waals surface area contributed by atoms with E-state index < -0.39 is 0 Å². The second-order valence-corrected chi connectivity index (χ2v) is 8.11. The highest BCUT2D eigenvalue weighted by molar-refractivity contribution is 5.69. The molecule has 4 nitrogen and oxygen atoms in total. The molecule has 1 aliphatic heterocycles. The number of carbonyl (C=O) groups excluding carboxylic acids is 1. The Balaban J connectivity index is 0.00000249. The number of nitrogens with one attached hydrogen (secondary N) is 1. The van der Waals surface area contributed by atoms with E-state index in [0.29, 0.717) is 31.7 Å². The van der Waals surface area contributed by atoms with Gasteiger partial charge in [0.25, 0.3) is 0 Å². The molecule has 2 rings (SSSR count). The Morgan fingerprint density at radius 3 is 2.69 bits per heavy atom. The fourth-order valence-corrected chi connectivity index (χ4v) is 3.87. The standard InChI is InChI=1S/C26H39NO3.C2H6/c1-4-11-24(19-16-21(3)12-9-10-15-26(28)29-5-2)30-20-23-18-17-22-13-7-6-8-14-25(22)27-23;1-2/h4,6-7,11,13,16,19,23,25,27H,5,8-10,12,14-15,17-18,20H2,1-3H3;1-2H3/b11-4-,21-16+,24-19+;. The summed E-state index contributed by atoms with van der Waals surface area (Å²) in [5.74, 6) is 0.802. The van der Waals surface area contributed by atoms with Crippen LogP contribution in [0.25, 0.3) is 0 Å². The van der Waals surface area contributed by atoms with E-state index in [1.54, 1.807) is 0 Å². The molecule has 1 heterocycles. The molecule has 1 N–H and O–H groups in total. The SMILES string of the molecule is CC.C\C=C/C(=C\C=C(/C)CCCCC(=O)OCC)OCC1CCC2=CC=CCCC2N1. The minimum atomic E-state index is -0.0955. The molecule has 0 spiro atoms. The first kappa shape index (κ1) is 28.0. The van der Waals surface area contributed by atoms with E-state index >= 15 is 0 Å². The van der Waals surface area contributed by atoms with Gasteiger partial charge in [-0.1, -0.05) is 55.4 Å². The summed E-state index contributed by atoms with van der Waals surface area (Å²) in [4.78, 5) is 11.4. The van der Waals surface area contributed by atoms with Crippen LogP contribution in [0.1, 0.15) is 86.0 Å². The zero-order valence-corrected chi connectivity index (χ0v) is 21.0. The Labute approximate surface area is 196 Å². The summed E-state index contributed by atoms with van der Waals surface area (Å²) in [7, 11) is 0.